The normalized spacial score (nSPS) is 22.6. The van der Waals surface area contributed by atoms with E-state index in [0.717, 1.165) is 18.7 Å². The Labute approximate surface area is 199 Å². The summed E-state index contributed by atoms with van der Waals surface area (Å²) in [6, 6.07) is 14.7. The van der Waals surface area contributed by atoms with Crippen molar-refractivity contribution in [3.63, 3.8) is 0 Å². The van der Waals surface area contributed by atoms with Gasteiger partial charge in [0.15, 0.2) is 0 Å². The molecule has 0 radical (unpaired) electrons. The third kappa shape index (κ3) is 4.79. The van der Waals surface area contributed by atoms with Crippen LogP contribution in [0.25, 0.3) is 0 Å². The van der Waals surface area contributed by atoms with Gasteiger partial charge in [0.25, 0.3) is 0 Å². The van der Waals surface area contributed by atoms with E-state index in [4.69, 9.17) is 4.74 Å². The van der Waals surface area contributed by atoms with Crippen LogP contribution in [0.2, 0.25) is 0 Å². The molecule has 8 heteroatoms. The molecule has 2 atom stereocenters. The smallest absolute Gasteiger partial charge is 0.236 e. The number of carbonyl (C=O) groups excluding carboxylic acids is 2. The standard InChI is InChI=1S/C26H31FN4O3/c27-22-7-3-1-6-20(22)16-28-26(33)21-15-19-5-2-4-8-23(19)31-10-9-29(17-24(21)31)18-25(32)30-11-13-34-14-12-30/h1-8,21,24H,9-18H2,(H,28,33)/t21-,24+/m1/s1. The van der Waals surface area contributed by atoms with E-state index in [-0.39, 0.29) is 36.1 Å². The van der Waals surface area contributed by atoms with Gasteiger partial charge in [0.1, 0.15) is 5.82 Å². The van der Waals surface area contributed by atoms with Gasteiger partial charge in [0.2, 0.25) is 11.8 Å². The van der Waals surface area contributed by atoms with Crippen LogP contribution in [-0.2, 0) is 27.3 Å². The second kappa shape index (κ2) is 10.1. The topological polar surface area (TPSA) is 65.1 Å². The van der Waals surface area contributed by atoms with E-state index in [1.54, 1.807) is 18.2 Å². The number of ether oxygens (including phenoxy) is 1. The fraction of sp³-hybridized carbons (Fsp3) is 0.462. The van der Waals surface area contributed by atoms with Crippen LogP contribution < -0.4 is 10.2 Å². The van der Waals surface area contributed by atoms with Crippen molar-refractivity contribution in [2.24, 2.45) is 5.92 Å². The number of piperazine rings is 1. The predicted octanol–water partition coefficient (Wildman–Crippen LogP) is 1.66. The van der Waals surface area contributed by atoms with Crippen LogP contribution in [0.15, 0.2) is 48.5 Å². The molecule has 0 bridgehead atoms. The summed E-state index contributed by atoms with van der Waals surface area (Å²) in [5, 5.41) is 2.97. The number of benzene rings is 2. The van der Waals surface area contributed by atoms with Gasteiger partial charge >= 0.3 is 0 Å². The highest BCUT2D eigenvalue weighted by Gasteiger charge is 2.41. The second-order valence-corrected chi connectivity index (χ2v) is 9.24. The number of morpholine rings is 1. The SMILES string of the molecule is O=C(NCc1ccccc1F)[C@@H]1Cc2ccccc2N2CCN(CC(=O)N3CCOCC3)C[C@@H]12. The summed E-state index contributed by atoms with van der Waals surface area (Å²) in [5.74, 6) is -0.547. The molecule has 0 aromatic heterocycles. The Morgan fingerprint density at radius 1 is 1.00 bits per heavy atom. The van der Waals surface area contributed by atoms with E-state index < -0.39 is 0 Å². The van der Waals surface area contributed by atoms with Gasteiger partial charge in [-0.1, -0.05) is 36.4 Å². The van der Waals surface area contributed by atoms with E-state index in [1.807, 2.05) is 17.0 Å². The monoisotopic (exact) mass is 466 g/mol. The van der Waals surface area contributed by atoms with Gasteiger partial charge in [0, 0.05) is 50.5 Å². The molecule has 34 heavy (non-hydrogen) atoms. The van der Waals surface area contributed by atoms with Crippen LogP contribution in [0.1, 0.15) is 11.1 Å². The summed E-state index contributed by atoms with van der Waals surface area (Å²) in [6.45, 7) is 5.13. The number of hydrogen-bond donors (Lipinski definition) is 1. The van der Waals surface area contributed by atoms with Crippen LogP contribution in [-0.4, -0.2) is 80.1 Å². The molecule has 180 valence electrons. The Morgan fingerprint density at radius 3 is 2.59 bits per heavy atom. The van der Waals surface area contributed by atoms with E-state index in [0.29, 0.717) is 51.4 Å². The number of nitrogens with zero attached hydrogens (tertiary/aromatic N) is 3. The van der Waals surface area contributed by atoms with Crippen molar-refractivity contribution in [3.05, 3.63) is 65.5 Å². The van der Waals surface area contributed by atoms with Crippen molar-refractivity contribution in [1.29, 1.82) is 0 Å². The molecule has 0 aliphatic carbocycles. The summed E-state index contributed by atoms with van der Waals surface area (Å²) in [4.78, 5) is 32.5. The predicted molar refractivity (Wildman–Crippen MR) is 127 cm³/mol. The summed E-state index contributed by atoms with van der Waals surface area (Å²) < 4.78 is 19.4. The number of rotatable bonds is 5. The van der Waals surface area contributed by atoms with Crippen molar-refractivity contribution < 1.29 is 18.7 Å². The minimum Gasteiger partial charge on any atom is -0.378 e. The largest absolute Gasteiger partial charge is 0.378 e. The van der Waals surface area contributed by atoms with Gasteiger partial charge in [-0.05, 0) is 24.1 Å². The van der Waals surface area contributed by atoms with Gasteiger partial charge < -0.3 is 19.9 Å². The van der Waals surface area contributed by atoms with Crippen molar-refractivity contribution in [3.8, 4) is 0 Å². The first kappa shape index (κ1) is 22.8. The highest BCUT2D eigenvalue weighted by atomic mass is 19.1. The number of fused-ring (bicyclic) bond motifs is 3. The third-order valence-electron chi connectivity index (χ3n) is 7.18. The fourth-order valence-corrected chi connectivity index (χ4v) is 5.32. The molecule has 0 saturated carbocycles. The van der Waals surface area contributed by atoms with E-state index in [9.17, 15) is 14.0 Å². The van der Waals surface area contributed by atoms with Gasteiger partial charge in [-0.25, -0.2) is 4.39 Å². The van der Waals surface area contributed by atoms with E-state index in [1.165, 1.54) is 11.8 Å². The van der Waals surface area contributed by atoms with Crippen molar-refractivity contribution in [2.45, 2.75) is 19.0 Å². The molecule has 7 nitrogen and oxygen atoms in total. The van der Waals surface area contributed by atoms with Gasteiger partial charge in [0.05, 0.1) is 31.7 Å². The molecule has 2 amide bonds. The molecule has 3 aliphatic rings. The average molecular weight is 467 g/mol. The first-order valence-electron chi connectivity index (χ1n) is 12.0. The lowest BCUT2D eigenvalue weighted by Gasteiger charge is -2.49. The summed E-state index contributed by atoms with van der Waals surface area (Å²) >= 11 is 0. The second-order valence-electron chi connectivity index (χ2n) is 9.24. The van der Waals surface area contributed by atoms with Crippen LogP contribution in [0.4, 0.5) is 10.1 Å². The molecule has 3 aliphatic heterocycles. The maximum atomic E-state index is 14.1. The van der Waals surface area contributed by atoms with Crippen molar-refractivity contribution in [2.75, 3.05) is 57.4 Å². The number of carbonyl (C=O) groups is 2. The van der Waals surface area contributed by atoms with Crippen LogP contribution in [0.5, 0.6) is 0 Å². The van der Waals surface area contributed by atoms with E-state index in [2.05, 4.69) is 27.2 Å². The zero-order chi connectivity index (χ0) is 23.5. The number of anilines is 1. The Balaban J connectivity index is 1.30. The van der Waals surface area contributed by atoms with E-state index >= 15 is 0 Å². The zero-order valence-corrected chi connectivity index (χ0v) is 19.3. The van der Waals surface area contributed by atoms with Crippen LogP contribution in [0, 0.1) is 11.7 Å². The summed E-state index contributed by atoms with van der Waals surface area (Å²) in [5.41, 5.74) is 2.80. The Kier molecular flexibility index (Phi) is 6.78. The lowest BCUT2D eigenvalue weighted by molar-refractivity contribution is -0.136. The molecule has 1 N–H and O–H groups in total. The number of hydrogen-bond acceptors (Lipinski definition) is 5. The quantitative estimate of drug-likeness (QED) is 0.726. The Hall–Kier alpha value is -2.97. The number of nitrogens with one attached hydrogen (secondary N) is 1. The molecule has 2 saturated heterocycles. The highest BCUT2D eigenvalue weighted by Crippen LogP contribution is 2.36. The Bertz CT molecular complexity index is 1040. The minimum absolute atomic E-state index is 0.0400. The molecule has 5 rings (SSSR count). The fourth-order valence-electron chi connectivity index (χ4n) is 5.32. The molecule has 2 aromatic carbocycles. The number of halogens is 1. The molecule has 0 unspecified atom stereocenters. The molecule has 2 fully saturated rings. The van der Waals surface area contributed by atoms with Crippen molar-refractivity contribution in [1.82, 2.24) is 15.1 Å². The van der Waals surface area contributed by atoms with Crippen molar-refractivity contribution >= 4 is 17.5 Å². The zero-order valence-electron chi connectivity index (χ0n) is 19.3. The first-order chi connectivity index (χ1) is 16.6. The number of para-hydroxylation sites is 1. The first-order valence-corrected chi connectivity index (χ1v) is 12.0. The molecular formula is C26H31FN4O3. The molecule has 0 spiro atoms. The maximum absolute atomic E-state index is 14.1. The molecule has 2 aromatic rings. The Morgan fingerprint density at radius 2 is 1.76 bits per heavy atom. The van der Waals surface area contributed by atoms with Gasteiger partial charge in [-0.15, -0.1) is 0 Å². The van der Waals surface area contributed by atoms with Gasteiger partial charge in [-0.2, -0.15) is 0 Å². The molecular weight excluding hydrogens is 435 g/mol. The van der Waals surface area contributed by atoms with Gasteiger partial charge in [-0.3, -0.25) is 14.5 Å². The van der Waals surface area contributed by atoms with Crippen LogP contribution in [0.3, 0.4) is 0 Å². The lowest BCUT2D eigenvalue weighted by atomic mass is 9.83. The minimum atomic E-state index is -0.316. The third-order valence-corrected chi connectivity index (χ3v) is 7.18. The van der Waals surface area contributed by atoms with Crippen LogP contribution >= 0.6 is 0 Å². The molecule has 3 heterocycles. The summed E-state index contributed by atoms with van der Waals surface area (Å²) in [6.07, 6.45) is 0.631. The lowest BCUT2D eigenvalue weighted by Crippen LogP contribution is -2.62. The highest BCUT2D eigenvalue weighted by molar-refractivity contribution is 5.82. The number of amides is 2. The maximum Gasteiger partial charge on any atom is 0.236 e. The summed E-state index contributed by atoms with van der Waals surface area (Å²) in [7, 11) is 0. The average Bonchev–Trinajstić information content (AvgIpc) is 2.88.